The normalized spacial score (nSPS) is 25.8. The standard InChI is InChI=1S/C14H24N2O4/c1-13(2,3)20-12(19)16-9-14(4-6-15-7-5-14)8-10(16)11(17)18/h10,15H,4-9H2,1-3H3,(H,17,18). The number of carbonyl (C=O) groups excluding carboxylic acids is 1. The van der Waals surface area contributed by atoms with E-state index in [2.05, 4.69) is 5.32 Å². The van der Waals surface area contributed by atoms with Crippen molar-refractivity contribution in [2.45, 2.75) is 51.7 Å². The molecule has 2 saturated heterocycles. The number of amides is 1. The first-order chi connectivity index (χ1) is 9.22. The highest BCUT2D eigenvalue weighted by Crippen LogP contribution is 2.42. The molecular weight excluding hydrogens is 260 g/mol. The molecule has 0 aromatic rings. The third-order valence-electron chi connectivity index (χ3n) is 4.09. The summed E-state index contributed by atoms with van der Waals surface area (Å²) in [5.74, 6) is -0.939. The van der Waals surface area contributed by atoms with Gasteiger partial charge in [0.05, 0.1) is 0 Å². The number of carboxylic acids is 1. The average Bonchev–Trinajstić information content (AvgIpc) is 2.68. The number of carbonyl (C=O) groups is 2. The first-order valence-corrected chi connectivity index (χ1v) is 7.16. The zero-order valence-electron chi connectivity index (χ0n) is 12.4. The quantitative estimate of drug-likeness (QED) is 0.762. The van der Waals surface area contributed by atoms with Crippen molar-refractivity contribution in [1.82, 2.24) is 10.2 Å². The van der Waals surface area contributed by atoms with Gasteiger partial charge in [-0.2, -0.15) is 0 Å². The van der Waals surface area contributed by atoms with Crippen LogP contribution < -0.4 is 5.32 Å². The predicted molar refractivity (Wildman–Crippen MR) is 73.5 cm³/mol. The Morgan fingerprint density at radius 3 is 2.40 bits per heavy atom. The smallest absolute Gasteiger partial charge is 0.411 e. The van der Waals surface area contributed by atoms with Gasteiger partial charge in [-0.05, 0) is 58.5 Å². The van der Waals surface area contributed by atoms with E-state index in [1.807, 2.05) is 0 Å². The van der Waals surface area contributed by atoms with Crippen LogP contribution in [0.25, 0.3) is 0 Å². The minimum atomic E-state index is -0.939. The lowest BCUT2D eigenvalue weighted by atomic mass is 9.77. The molecule has 0 bridgehead atoms. The Morgan fingerprint density at radius 1 is 1.30 bits per heavy atom. The summed E-state index contributed by atoms with van der Waals surface area (Å²) in [4.78, 5) is 25.1. The van der Waals surface area contributed by atoms with Gasteiger partial charge in [-0.1, -0.05) is 0 Å². The molecule has 0 aromatic heterocycles. The lowest BCUT2D eigenvalue weighted by Gasteiger charge is -2.33. The van der Waals surface area contributed by atoms with Crippen molar-refractivity contribution in [3.05, 3.63) is 0 Å². The maximum absolute atomic E-state index is 12.2. The maximum Gasteiger partial charge on any atom is 0.411 e. The number of hydrogen-bond donors (Lipinski definition) is 2. The summed E-state index contributed by atoms with van der Waals surface area (Å²) in [5.41, 5.74) is -0.671. The van der Waals surface area contributed by atoms with Gasteiger partial charge >= 0.3 is 12.1 Å². The van der Waals surface area contributed by atoms with Gasteiger partial charge in [0.1, 0.15) is 11.6 Å². The second kappa shape index (κ2) is 5.24. The van der Waals surface area contributed by atoms with Gasteiger partial charge in [-0.25, -0.2) is 9.59 Å². The fourth-order valence-electron chi connectivity index (χ4n) is 3.11. The molecule has 0 saturated carbocycles. The SMILES string of the molecule is CC(C)(C)OC(=O)N1CC2(CCNCC2)CC1C(=O)O. The number of carboxylic acid groups (broad SMARTS) is 1. The van der Waals surface area contributed by atoms with Crippen LogP contribution in [0.3, 0.4) is 0 Å². The van der Waals surface area contributed by atoms with Crippen molar-refractivity contribution >= 4 is 12.1 Å². The Labute approximate surface area is 119 Å². The van der Waals surface area contributed by atoms with Crippen LogP contribution in [-0.4, -0.2) is 53.3 Å². The van der Waals surface area contributed by atoms with Gasteiger partial charge in [0.15, 0.2) is 0 Å². The van der Waals surface area contributed by atoms with Crippen LogP contribution in [0.4, 0.5) is 4.79 Å². The van der Waals surface area contributed by atoms with Gasteiger partial charge in [-0.3, -0.25) is 4.90 Å². The Kier molecular flexibility index (Phi) is 3.95. The van der Waals surface area contributed by atoms with Gasteiger partial charge in [0.25, 0.3) is 0 Å². The molecule has 2 heterocycles. The van der Waals surface area contributed by atoms with Gasteiger partial charge < -0.3 is 15.2 Å². The van der Waals surface area contributed by atoms with Gasteiger partial charge in [0.2, 0.25) is 0 Å². The number of rotatable bonds is 1. The molecule has 2 rings (SSSR count). The second-order valence-electron chi connectivity index (χ2n) is 6.92. The Balaban J connectivity index is 2.13. The summed E-state index contributed by atoms with van der Waals surface area (Å²) in [5, 5.41) is 12.7. The summed E-state index contributed by atoms with van der Waals surface area (Å²) in [6, 6.07) is -0.761. The monoisotopic (exact) mass is 284 g/mol. The maximum atomic E-state index is 12.2. The molecule has 1 spiro atoms. The molecule has 1 atom stereocenters. The van der Waals surface area contributed by atoms with E-state index in [-0.39, 0.29) is 5.41 Å². The number of piperidine rings is 1. The Hall–Kier alpha value is -1.30. The molecule has 2 aliphatic heterocycles. The summed E-state index contributed by atoms with van der Waals surface area (Å²) in [6.07, 6.45) is 1.84. The van der Waals surface area contributed by atoms with Crippen LogP contribution in [-0.2, 0) is 9.53 Å². The van der Waals surface area contributed by atoms with Crippen LogP contribution in [0.15, 0.2) is 0 Å². The first-order valence-electron chi connectivity index (χ1n) is 7.16. The average molecular weight is 284 g/mol. The zero-order chi connectivity index (χ0) is 15.0. The van der Waals surface area contributed by atoms with Crippen molar-refractivity contribution in [2.75, 3.05) is 19.6 Å². The molecule has 114 valence electrons. The zero-order valence-corrected chi connectivity index (χ0v) is 12.4. The number of aliphatic carboxylic acids is 1. The summed E-state index contributed by atoms with van der Waals surface area (Å²) in [6.45, 7) is 7.62. The Bertz CT molecular complexity index is 396. The molecule has 0 radical (unpaired) electrons. The van der Waals surface area contributed by atoms with E-state index in [9.17, 15) is 14.7 Å². The molecule has 2 N–H and O–H groups in total. The molecule has 20 heavy (non-hydrogen) atoms. The number of nitrogens with zero attached hydrogens (tertiary/aromatic N) is 1. The van der Waals surface area contributed by atoms with Crippen molar-refractivity contribution in [3.63, 3.8) is 0 Å². The van der Waals surface area contributed by atoms with Crippen molar-refractivity contribution in [1.29, 1.82) is 0 Å². The van der Waals surface area contributed by atoms with Crippen LogP contribution >= 0.6 is 0 Å². The van der Waals surface area contributed by atoms with E-state index in [1.165, 1.54) is 4.90 Å². The Morgan fingerprint density at radius 2 is 1.90 bits per heavy atom. The minimum Gasteiger partial charge on any atom is -0.480 e. The molecule has 0 aromatic carbocycles. The lowest BCUT2D eigenvalue weighted by molar-refractivity contribution is -0.142. The molecule has 1 amide bonds. The fourth-order valence-corrected chi connectivity index (χ4v) is 3.11. The largest absolute Gasteiger partial charge is 0.480 e. The summed E-state index contributed by atoms with van der Waals surface area (Å²) >= 11 is 0. The lowest BCUT2D eigenvalue weighted by Crippen LogP contribution is -2.44. The molecule has 2 fully saturated rings. The van der Waals surface area contributed by atoms with E-state index in [0.29, 0.717) is 13.0 Å². The number of hydrogen-bond acceptors (Lipinski definition) is 4. The second-order valence-corrected chi connectivity index (χ2v) is 6.92. The highest BCUT2D eigenvalue weighted by atomic mass is 16.6. The summed E-state index contributed by atoms with van der Waals surface area (Å²) < 4.78 is 5.34. The number of likely N-dealkylation sites (tertiary alicyclic amines) is 1. The van der Waals surface area contributed by atoms with Gasteiger partial charge in [-0.15, -0.1) is 0 Å². The van der Waals surface area contributed by atoms with Gasteiger partial charge in [0, 0.05) is 6.54 Å². The molecule has 6 heteroatoms. The van der Waals surface area contributed by atoms with Crippen LogP contribution in [0.1, 0.15) is 40.0 Å². The van der Waals surface area contributed by atoms with E-state index < -0.39 is 23.7 Å². The summed E-state index contributed by atoms with van der Waals surface area (Å²) in [7, 11) is 0. The van der Waals surface area contributed by atoms with Crippen molar-refractivity contribution < 1.29 is 19.4 Å². The van der Waals surface area contributed by atoms with Crippen LogP contribution in [0.2, 0.25) is 0 Å². The van der Waals surface area contributed by atoms with E-state index >= 15 is 0 Å². The molecule has 0 aliphatic carbocycles. The predicted octanol–water partition coefficient (Wildman–Crippen LogP) is 1.45. The van der Waals surface area contributed by atoms with Crippen molar-refractivity contribution in [2.24, 2.45) is 5.41 Å². The third-order valence-corrected chi connectivity index (χ3v) is 4.09. The number of ether oxygens (including phenoxy) is 1. The molecule has 1 unspecified atom stereocenters. The minimum absolute atomic E-state index is 0.0643. The first kappa shape index (κ1) is 15.1. The van der Waals surface area contributed by atoms with E-state index in [1.54, 1.807) is 20.8 Å². The highest BCUT2D eigenvalue weighted by molar-refractivity contribution is 5.81. The van der Waals surface area contributed by atoms with Crippen molar-refractivity contribution in [3.8, 4) is 0 Å². The number of nitrogens with one attached hydrogen (secondary N) is 1. The van der Waals surface area contributed by atoms with E-state index in [4.69, 9.17) is 4.74 Å². The third kappa shape index (κ3) is 3.23. The highest BCUT2D eigenvalue weighted by Gasteiger charge is 2.50. The molecule has 6 nitrogen and oxygen atoms in total. The topological polar surface area (TPSA) is 78.9 Å². The fraction of sp³-hybridized carbons (Fsp3) is 0.857. The van der Waals surface area contributed by atoms with E-state index in [0.717, 1.165) is 25.9 Å². The van der Waals surface area contributed by atoms with Crippen LogP contribution in [0.5, 0.6) is 0 Å². The molecular formula is C14H24N2O4. The van der Waals surface area contributed by atoms with Crippen LogP contribution in [0, 0.1) is 5.41 Å². The molecule has 2 aliphatic rings.